The number of sulfonamides is 1. The van der Waals surface area contributed by atoms with Gasteiger partial charge in [-0.1, -0.05) is 0 Å². The number of amides is 1. The molecular weight excluding hydrogens is 344 g/mol. The van der Waals surface area contributed by atoms with Gasteiger partial charge in [-0.15, -0.1) is 0 Å². The number of ether oxygens (including phenoxy) is 1. The number of piperidine rings is 1. The zero-order valence-electron chi connectivity index (χ0n) is 15.0. The quantitative estimate of drug-likeness (QED) is 0.799. The molecule has 0 N–H and O–H groups in total. The molecule has 2 fully saturated rings. The highest BCUT2D eigenvalue weighted by molar-refractivity contribution is 7.88. The van der Waals surface area contributed by atoms with Gasteiger partial charge in [0.2, 0.25) is 10.0 Å². The van der Waals surface area contributed by atoms with Crippen molar-refractivity contribution in [2.75, 3.05) is 46.2 Å². The predicted molar refractivity (Wildman–Crippen MR) is 92.8 cm³/mol. The molecule has 8 heteroatoms. The van der Waals surface area contributed by atoms with Crippen LogP contribution < -0.4 is 0 Å². The van der Waals surface area contributed by atoms with E-state index in [9.17, 15) is 13.2 Å². The summed E-state index contributed by atoms with van der Waals surface area (Å²) in [6, 6.07) is 1.71. The molecule has 0 aromatic carbocycles. The highest BCUT2D eigenvalue weighted by Crippen LogP contribution is 2.45. The van der Waals surface area contributed by atoms with Gasteiger partial charge in [0.1, 0.15) is 5.76 Å². The Morgan fingerprint density at radius 2 is 2.08 bits per heavy atom. The van der Waals surface area contributed by atoms with E-state index < -0.39 is 10.0 Å². The normalized spacial score (nSPS) is 24.1. The van der Waals surface area contributed by atoms with Crippen molar-refractivity contribution in [2.45, 2.75) is 19.8 Å². The lowest BCUT2D eigenvalue weighted by atomic mass is 9.71. The lowest BCUT2D eigenvalue weighted by Gasteiger charge is -2.42. The topological polar surface area (TPSA) is 80.1 Å². The largest absolute Gasteiger partial charge is 0.469 e. The highest BCUT2D eigenvalue weighted by Gasteiger charge is 2.50. The van der Waals surface area contributed by atoms with Gasteiger partial charge in [-0.05, 0) is 31.2 Å². The van der Waals surface area contributed by atoms with Crippen molar-refractivity contribution in [3.8, 4) is 0 Å². The molecule has 2 saturated heterocycles. The summed E-state index contributed by atoms with van der Waals surface area (Å²) in [7, 11) is -1.57. The molecule has 2 aliphatic rings. The number of aryl methyl sites for hydroxylation is 1. The van der Waals surface area contributed by atoms with Crippen molar-refractivity contribution < 1.29 is 22.4 Å². The first-order chi connectivity index (χ1) is 11.8. The molecule has 0 radical (unpaired) electrons. The van der Waals surface area contributed by atoms with Gasteiger partial charge in [-0.2, -0.15) is 0 Å². The number of carbonyl (C=O) groups is 1. The van der Waals surface area contributed by atoms with Crippen LogP contribution in [-0.2, 0) is 14.8 Å². The van der Waals surface area contributed by atoms with Crippen LogP contribution in [0.2, 0.25) is 0 Å². The van der Waals surface area contributed by atoms with Crippen LogP contribution in [0.5, 0.6) is 0 Å². The molecule has 1 aromatic heterocycles. The highest BCUT2D eigenvalue weighted by atomic mass is 32.2. The Bertz CT molecular complexity index is 734. The molecule has 7 nitrogen and oxygen atoms in total. The van der Waals surface area contributed by atoms with Crippen LogP contribution >= 0.6 is 0 Å². The van der Waals surface area contributed by atoms with Gasteiger partial charge < -0.3 is 14.1 Å². The maximum absolute atomic E-state index is 12.7. The number of hydrogen-bond donors (Lipinski definition) is 0. The van der Waals surface area contributed by atoms with Crippen LogP contribution in [0, 0.1) is 18.3 Å². The first kappa shape index (κ1) is 18.4. The molecule has 0 aliphatic carbocycles. The van der Waals surface area contributed by atoms with Crippen molar-refractivity contribution in [3.05, 3.63) is 23.7 Å². The predicted octanol–water partition coefficient (Wildman–Crippen LogP) is 1.35. The molecule has 25 heavy (non-hydrogen) atoms. The summed E-state index contributed by atoms with van der Waals surface area (Å²) in [6.07, 6.45) is 4.37. The van der Waals surface area contributed by atoms with Gasteiger partial charge in [0.25, 0.3) is 5.91 Å². The molecular formula is C17H26N2O5S. The molecule has 2 aliphatic heterocycles. The molecule has 3 heterocycles. The van der Waals surface area contributed by atoms with Crippen molar-refractivity contribution >= 4 is 15.9 Å². The molecule has 1 amide bonds. The average molecular weight is 370 g/mol. The van der Waals surface area contributed by atoms with Crippen LogP contribution in [0.4, 0.5) is 0 Å². The van der Waals surface area contributed by atoms with Gasteiger partial charge in [0, 0.05) is 39.2 Å². The minimum absolute atomic E-state index is 0.0117. The molecule has 1 spiro atoms. The molecule has 1 atom stereocenters. The third-order valence-corrected chi connectivity index (χ3v) is 6.97. The molecule has 1 aromatic rings. The van der Waals surface area contributed by atoms with Crippen molar-refractivity contribution in [2.24, 2.45) is 11.3 Å². The Morgan fingerprint density at radius 3 is 2.60 bits per heavy atom. The SMILES string of the molecule is COC[C@H]1CN(S(C)(=O)=O)CC12CCN(C(=O)c1ccoc1C)CC2. The van der Waals surface area contributed by atoms with E-state index in [1.54, 1.807) is 24.4 Å². The Hall–Kier alpha value is -1.38. The minimum atomic E-state index is -3.22. The van der Waals surface area contributed by atoms with Crippen molar-refractivity contribution in [1.82, 2.24) is 9.21 Å². The van der Waals surface area contributed by atoms with E-state index in [-0.39, 0.29) is 17.2 Å². The first-order valence-electron chi connectivity index (χ1n) is 8.54. The zero-order chi connectivity index (χ0) is 18.2. The van der Waals surface area contributed by atoms with Crippen LogP contribution in [-0.4, -0.2) is 69.7 Å². The molecule has 0 unspecified atom stereocenters. The maximum Gasteiger partial charge on any atom is 0.257 e. The van der Waals surface area contributed by atoms with E-state index in [1.807, 2.05) is 4.90 Å². The van der Waals surface area contributed by atoms with Gasteiger partial charge in [-0.25, -0.2) is 12.7 Å². The minimum Gasteiger partial charge on any atom is -0.469 e. The Morgan fingerprint density at radius 1 is 1.40 bits per heavy atom. The third kappa shape index (κ3) is 3.47. The van der Waals surface area contributed by atoms with E-state index in [0.717, 1.165) is 12.8 Å². The van der Waals surface area contributed by atoms with Gasteiger partial charge in [0.05, 0.1) is 24.7 Å². The lowest BCUT2D eigenvalue weighted by Crippen LogP contribution is -2.47. The molecule has 0 bridgehead atoms. The number of likely N-dealkylation sites (tertiary alicyclic amines) is 1. The number of nitrogens with zero attached hydrogens (tertiary/aromatic N) is 2. The van der Waals surface area contributed by atoms with Crippen molar-refractivity contribution in [1.29, 1.82) is 0 Å². The maximum atomic E-state index is 12.7. The van der Waals surface area contributed by atoms with Crippen LogP contribution in [0.25, 0.3) is 0 Å². The number of rotatable bonds is 4. The summed E-state index contributed by atoms with van der Waals surface area (Å²) < 4.78 is 36.1. The average Bonchev–Trinajstić information content (AvgIpc) is 3.13. The van der Waals surface area contributed by atoms with E-state index in [2.05, 4.69) is 0 Å². The lowest BCUT2D eigenvalue weighted by molar-refractivity contribution is 0.0326. The Labute approximate surface area is 149 Å². The number of carbonyl (C=O) groups excluding carboxylic acids is 1. The van der Waals surface area contributed by atoms with Gasteiger partial charge >= 0.3 is 0 Å². The van der Waals surface area contributed by atoms with Gasteiger partial charge in [0.15, 0.2) is 0 Å². The van der Waals surface area contributed by atoms with Crippen LogP contribution in [0.3, 0.4) is 0 Å². The fourth-order valence-electron chi connectivity index (χ4n) is 4.17. The van der Waals surface area contributed by atoms with E-state index >= 15 is 0 Å². The summed E-state index contributed by atoms with van der Waals surface area (Å²) in [5.74, 6) is 0.786. The molecule has 3 rings (SSSR count). The summed E-state index contributed by atoms with van der Waals surface area (Å²) >= 11 is 0. The molecule has 140 valence electrons. The zero-order valence-corrected chi connectivity index (χ0v) is 15.8. The van der Waals surface area contributed by atoms with Crippen LogP contribution in [0.15, 0.2) is 16.7 Å². The second-order valence-electron chi connectivity index (χ2n) is 7.25. The Balaban J connectivity index is 1.72. The Kier molecular flexibility index (Phi) is 4.96. The van der Waals surface area contributed by atoms with Gasteiger partial charge in [-0.3, -0.25) is 4.79 Å². The summed E-state index contributed by atoms with van der Waals surface area (Å²) in [5, 5.41) is 0. The van der Waals surface area contributed by atoms with E-state index in [0.29, 0.717) is 44.1 Å². The summed E-state index contributed by atoms with van der Waals surface area (Å²) in [6.45, 7) is 4.60. The standard InChI is InChI=1S/C17H26N2O5S/c1-13-15(4-9-24-13)16(20)18-7-5-17(6-8-18)12-19(25(3,21)22)10-14(17)11-23-2/h4,9,14H,5-8,10-12H2,1-3H3/t14-/m1/s1. The van der Waals surface area contributed by atoms with E-state index in [4.69, 9.17) is 9.15 Å². The second kappa shape index (κ2) is 6.74. The van der Waals surface area contributed by atoms with Crippen LogP contribution in [0.1, 0.15) is 29.0 Å². The first-order valence-corrected chi connectivity index (χ1v) is 10.4. The third-order valence-electron chi connectivity index (χ3n) is 5.75. The summed E-state index contributed by atoms with van der Waals surface area (Å²) in [4.78, 5) is 14.5. The monoisotopic (exact) mass is 370 g/mol. The smallest absolute Gasteiger partial charge is 0.257 e. The number of furan rings is 1. The van der Waals surface area contributed by atoms with E-state index in [1.165, 1.54) is 12.5 Å². The summed E-state index contributed by atoms with van der Waals surface area (Å²) in [5.41, 5.74) is 0.495. The van der Waals surface area contributed by atoms with Crippen molar-refractivity contribution in [3.63, 3.8) is 0 Å². The number of hydrogen-bond acceptors (Lipinski definition) is 5. The fraction of sp³-hybridized carbons (Fsp3) is 0.706. The second-order valence-corrected chi connectivity index (χ2v) is 9.24. The number of methoxy groups -OCH3 is 1. The fourth-order valence-corrected chi connectivity index (χ4v) is 5.11. The molecule has 0 saturated carbocycles.